The van der Waals surface area contributed by atoms with Crippen LogP contribution in [0, 0.1) is 0 Å². The molecule has 2 heterocycles. The van der Waals surface area contributed by atoms with Crippen molar-refractivity contribution in [2.45, 2.75) is 102 Å². The number of unbranched alkanes of at least 4 members (excludes halogenated alkanes) is 6. The van der Waals surface area contributed by atoms with Crippen LogP contribution in [0.1, 0.15) is 97.1 Å². The van der Waals surface area contributed by atoms with E-state index in [-0.39, 0.29) is 13.2 Å². The van der Waals surface area contributed by atoms with Gasteiger partial charge in [-0.25, -0.2) is 9.59 Å². The second-order valence-corrected chi connectivity index (χ2v) is 10.5. The van der Waals surface area contributed by atoms with Gasteiger partial charge >= 0.3 is 11.9 Å². The van der Waals surface area contributed by atoms with Crippen molar-refractivity contribution in [3.05, 3.63) is 70.8 Å². The van der Waals surface area contributed by atoms with E-state index in [0.717, 1.165) is 25.7 Å². The van der Waals surface area contributed by atoms with E-state index in [1.807, 2.05) is 48.5 Å². The van der Waals surface area contributed by atoms with Crippen molar-refractivity contribution in [1.82, 2.24) is 0 Å². The highest BCUT2D eigenvalue weighted by molar-refractivity contribution is 5.90. The zero-order chi connectivity index (χ0) is 26.7. The first-order valence-electron chi connectivity index (χ1n) is 14.4. The van der Waals surface area contributed by atoms with Crippen LogP contribution in [0.4, 0.5) is 0 Å². The van der Waals surface area contributed by atoms with Crippen LogP contribution in [-0.4, -0.2) is 49.6 Å². The lowest BCUT2D eigenvalue weighted by molar-refractivity contribution is -0.0287. The number of ether oxygens (including phenoxy) is 4. The zero-order valence-corrected chi connectivity index (χ0v) is 22.9. The first kappa shape index (κ1) is 28.3. The molecule has 0 amide bonds. The summed E-state index contributed by atoms with van der Waals surface area (Å²) in [6, 6.07) is 15.3. The average Bonchev–Trinajstić information content (AvgIpc) is 3.53. The van der Waals surface area contributed by atoms with Crippen molar-refractivity contribution >= 4 is 11.9 Å². The minimum absolute atomic E-state index is 0.220. The van der Waals surface area contributed by atoms with E-state index in [1.54, 1.807) is 0 Å². The Hall–Kier alpha value is -2.70. The highest BCUT2D eigenvalue weighted by atomic mass is 16.7. The second kappa shape index (κ2) is 14.5. The molecule has 0 bridgehead atoms. The van der Waals surface area contributed by atoms with E-state index in [2.05, 4.69) is 13.8 Å². The fourth-order valence-electron chi connectivity index (χ4n) is 5.17. The highest BCUT2D eigenvalue weighted by Gasteiger charge is 2.51. The second-order valence-electron chi connectivity index (χ2n) is 10.5. The van der Waals surface area contributed by atoms with Crippen molar-refractivity contribution in [2.24, 2.45) is 0 Å². The molecule has 6 heteroatoms. The zero-order valence-electron chi connectivity index (χ0n) is 22.9. The number of carbonyl (C=O) groups is 2. The van der Waals surface area contributed by atoms with Crippen molar-refractivity contribution in [1.29, 1.82) is 0 Å². The summed E-state index contributed by atoms with van der Waals surface area (Å²) in [4.78, 5) is 25.5. The molecule has 2 aromatic carbocycles. The number of esters is 2. The molecule has 0 radical (unpaired) electrons. The standard InChI is InChI=1S/C32H42O6/c1-3-5-7-9-11-23-13-17-25(18-14-23)31(33)37-27-21-35-30-28(22-36-29(27)30)38-32(34)26-19-15-24(16-20-26)12-10-8-6-4-2/h13-20,27-30H,3-12,21-22H2,1-2H3. The van der Waals surface area contributed by atoms with Gasteiger partial charge in [0.25, 0.3) is 0 Å². The topological polar surface area (TPSA) is 71.1 Å². The minimum atomic E-state index is -0.531. The molecule has 0 aromatic heterocycles. The van der Waals surface area contributed by atoms with Crippen LogP contribution in [0.3, 0.4) is 0 Å². The van der Waals surface area contributed by atoms with E-state index in [9.17, 15) is 9.59 Å². The minimum Gasteiger partial charge on any atom is -0.453 e. The van der Waals surface area contributed by atoms with Gasteiger partial charge in [0.15, 0.2) is 12.2 Å². The number of fused-ring (bicyclic) bond motifs is 1. The van der Waals surface area contributed by atoms with Crippen LogP contribution in [0.5, 0.6) is 0 Å². The Balaban J connectivity index is 1.23. The van der Waals surface area contributed by atoms with E-state index in [4.69, 9.17) is 18.9 Å². The molecule has 206 valence electrons. The summed E-state index contributed by atoms with van der Waals surface area (Å²) in [7, 11) is 0. The lowest BCUT2D eigenvalue weighted by Gasteiger charge is -2.17. The van der Waals surface area contributed by atoms with Gasteiger partial charge in [-0.1, -0.05) is 76.6 Å². The third-order valence-corrected chi connectivity index (χ3v) is 7.50. The molecule has 0 N–H and O–H groups in total. The Kier molecular flexibility index (Phi) is 10.8. The SMILES string of the molecule is CCCCCCc1ccc(C(=O)OC2COC3C(OC(=O)c4ccc(CCCCCC)cc4)COC23)cc1. The third-order valence-electron chi connectivity index (χ3n) is 7.50. The van der Waals surface area contributed by atoms with Crippen LogP contribution in [0.15, 0.2) is 48.5 Å². The molecule has 38 heavy (non-hydrogen) atoms. The molecule has 6 nitrogen and oxygen atoms in total. The molecule has 2 fully saturated rings. The normalized spacial score (nSPS) is 22.3. The molecule has 0 spiro atoms. The van der Waals surface area contributed by atoms with Gasteiger partial charge in [0, 0.05) is 0 Å². The average molecular weight is 523 g/mol. The Morgan fingerprint density at radius 1 is 0.632 bits per heavy atom. The summed E-state index contributed by atoms with van der Waals surface area (Å²) in [5.41, 5.74) is 3.49. The van der Waals surface area contributed by atoms with Gasteiger partial charge in [-0.05, 0) is 61.1 Å². The first-order valence-corrected chi connectivity index (χ1v) is 14.4. The summed E-state index contributed by atoms with van der Waals surface area (Å²) >= 11 is 0. The fourth-order valence-corrected chi connectivity index (χ4v) is 5.17. The number of benzene rings is 2. The van der Waals surface area contributed by atoms with Crippen LogP contribution < -0.4 is 0 Å². The van der Waals surface area contributed by atoms with E-state index < -0.39 is 36.4 Å². The number of hydrogen-bond donors (Lipinski definition) is 0. The fraction of sp³-hybridized carbons (Fsp3) is 0.562. The number of hydrogen-bond acceptors (Lipinski definition) is 6. The van der Waals surface area contributed by atoms with Crippen molar-refractivity contribution in [3.63, 3.8) is 0 Å². The summed E-state index contributed by atoms with van der Waals surface area (Å²) < 4.78 is 23.2. The molecule has 4 rings (SSSR count). The molecule has 4 unspecified atom stereocenters. The molecule has 4 atom stereocenters. The van der Waals surface area contributed by atoms with E-state index in [0.29, 0.717) is 11.1 Å². The van der Waals surface area contributed by atoms with Crippen LogP contribution in [0.25, 0.3) is 0 Å². The maximum atomic E-state index is 12.8. The molecule has 0 saturated carbocycles. The number of carbonyl (C=O) groups excluding carboxylic acids is 2. The van der Waals surface area contributed by atoms with Gasteiger partial charge in [0.2, 0.25) is 0 Å². The predicted molar refractivity (Wildman–Crippen MR) is 146 cm³/mol. The highest BCUT2D eigenvalue weighted by Crippen LogP contribution is 2.31. The van der Waals surface area contributed by atoms with Gasteiger partial charge in [-0.2, -0.15) is 0 Å². The van der Waals surface area contributed by atoms with Gasteiger partial charge in [0.05, 0.1) is 24.3 Å². The summed E-state index contributed by atoms with van der Waals surface area (Å²) in [6.07, 6.45) is 9.82. The van der Waals surface area contributed by atoms with E-state index in [1.165, 1.54) is 49.7 Å². The smallest absolute Gasteiger partial charge is 0.338 e. The molecule has 2 saturated heterocycles. The quantitative estimate of drug-likeness (QED) is 0.209. The molecule has 0 aliphatic carbocycles. The Morgan fingerprint density at radius 2 is 1.03 bits per heavy atom. The number of aryl methyl sites for hydroxylation is 2. The largest absolute Gasteiger partial charge is 0.453 e. The Labute approximate surface area is 227 Å². The molecule has 2 aliphatic rings. The van der Waals surface area contributed by atoms with Crippen LogP contribution >= 0.6 is 0 Å². The maximum Gasteiger partial charge on any atom is 0.338 e. The van der Waals surface area contributed by atoms with Gasteiger partial charge < -0.3 is 18.9 Å². The molecule has 2 aromatic rings. The summed E-state index contributed by atoms with van der Waals surface area (Å²) in [6.45, 7) is 4.85. The predicted octanol–water partition coefficient (Wildman–Crippen LogP) is 6.48. The lowest BCUT2D eigenvalue weighted by atomic mass is 10.0. The van der Waals surface area contributed by atoms with E-state index >= 15 is 0 Å². The Bertz CT molecular complexity index is 932. The monoisotopic (exact) mass is 522 g/mol. The van der Waals surface area contributed by atoms with Gasteiger partial charge in [-0.15, -0.1) is 0 Å². The van der Waals surface area contributed by atoms with Crippen LogP contribution in [-0.2, 0) is 31.8 Å². The molecule has 2 aliphatic heterocycles. The summed E-state index contributed by atoms with van der Waals surface area (Å²) in [5, 5.41) is 0. The van der Waals surface area contributed by atoms with Crippen molar-refractivity contribution in [2.75, 3.05) is 13.2 Å². The molecular formula is C32H42O6. The Morgan fingerprint density at radius 3 is 1.39 bits per heavy atom. The maximum absolute atomic E-state index is 12.8. The number of rotatable bonds is 14. The van der Waals surface area contributed by atoms with Gasteiger partial charge in [-0.3, -0.25) is 0 Å². The first-order chi connectivity index (χ1) is 18.6. The molecular weight excluding hydrogens is 480 g/mol. The van der Waals surface area contributed by atoms with Crippen molar-refractivity contribution < 1.29 is 28.5 Å². The van der Waals surface area contributed by atoms with Gasteiger partial charge in [0.1, 0.15) is 12.2 Å². The van der Waals surface area contributed by atoms with Crippen LogP contribution in [0.2, 0.25) is 0 Å². The third kappa shape index (κ3) is 7.67. The van der Waals surface area contributed by atoms with Crippen molar-refractivity contribution in [3.8, 4) is 0 Å². The lowest BCUT2D eigenvalue weighted by Crippen LogP contribution is -2.36. The summed E-state index contributed by atoms with van der Waals surface area (Å²) in [5.74, 6) is -0.786.